The van der Waals surface area contributed by atoms with Gasteiger partial charge in [-0.25, -0.2) is 4.79 Å². The van der Waals surface area contributed by atoms with E-state index in [2.05, 4.69) is 5.32 Å². The van der Waals surface area contributed by atoms with Crippen molar-refractivity contribution in [2.75, 3.05) is 13.1 Å². The van der Waals surface area contributed by atoms with Crippen molar-refractivity contribution in [3.05, 3.63) is 35.4 Å². The van der Waals surface area contributed by atoms with Crippen molar-refractivity contribution in [3.8, 4) is 0 Å². The highest BCUT2D eigenvalue weighted by atomic mass is 16.4. The molecule has 2 aliphatic rings. The lowest BCUT2D eigenvalue weighted by molar-refractivity contribution is -0.156. The topological polar surface area (TPSA) is 167 Å². The fourth-order valence-electron chi connectivity index (χ4n) is 3.55. The molecule has 0 aliphatic carbocycles. The Balaban J connectivity index is 1.88. The summed E-state index contributed by atoms with van der Waals surface area (Å²) in [6, 6.07) is 4.86. The molecule has 4 N–H and O–H groups in total. The van der Waals surface area contributed by atoms with E-state index in [9.17, 15) is 33.9 Å². The lowest BCUT2D eigenvalue weighted by Gasteiger charge is -2.38. The molecule has 1 fully saturated rings. The number of carboxylic acids is 1. The molecule has 1 unspecified atom stereocenters. The van der Waals surface area contributed by atoms with Gasteiger partial charge in [-0.1, -0.05) is 12.1 Å². The smallest absolute Gasteiger partial charge is 0.331 e. The summed E-state index contributed by atoms with van der Waals surface area (Å²) < 4.78 is 0. The lowest BCUT2D eigenvalue weighted by atomic mass is 9.96. The molecule has 2 heterocycles. The first-order valence-corrected chi connectivity index (χ1v) is 9.16. The van der Waals surface area contributed by atoms with Gasteiger partial charge in [-0.3, -0.25) is 33.8 Å². The number of carbonyl (C=O) groups excluding carboxylic acids is 5. The Bertz CT molecular complexity index is 940. The molecule has 1 aromatic rings. The first-order valence-electron chi connectivity index (χ1n) is 9.16. The Morgan fingerprint density at radius 1 is 1.17 bits per heavy atom. The highest BCUT2D eigenvalue weighted by molar-refractivity contribution is 6.23. The number of likely N-dealkylation sites (tertiary alicyclic amines) is 1. The van der Waals surface area contributed by atoms with E-state index in [1.165, 1.54) is 12.1 Å². The number of hydrogen-bond donors (Lipinski definition) is 3. The van der Waals surface area contributed by atoms with Crippen molar-refractivity contribution < 1.29 is 33.9 Å². The third-order valence-corrected chi connectivity index (χ3v) is 5.17. The number of aliphatic carboxylic acids is 1. The highest BCUT2D eigenvalue weighted by Crippen LogP contribution is 2.29. The summed E-state index contributed by atoms with van der Waals surface area (Å²) >= 11 is 0. The average molecular weight is 416 g/mol. The first-order chi connectivity index (χ1) is 14.1. The van der Waals surface area contributed by atoms with Gasteiger partial charge in [0.1, 0.15) is 6.04 Å². The van der Waals surface area contributed by atoms with E-state index in [1.54, 1.807) is 12.1 Å². The second-order valence-electron chi connectivity index (χ2n) is 7.29. The second-order valence-corrected chi connectivity index (χ2v) is 7.29. The zero-order chi connectivity index (χ0) is 22.2. The van der Waals surface area contributed by atoms with Crippen molar-refractivity contribution >= 4 is 35.5 Å². The molecular weight excluding hydrogens is 396 g/mol. The summed E-state index contributed by atoms with van der Waals surface area (Å²) in [6.45, 7) is -0.0249. The Morgan fingerprint density at radius 3 is 2.23 bits per heavy atom. The minimum Gasteiger partial charge on any atom is -0.479 e. The van der Waals surface area contributed by atoms with E-state index in [-0.39, 0.29) is 24.0 Å². The number of benzene rings is 1. The molecule has 2 atom stereocenters. The number of piperidine rings is 1. The third kappa shape index (κ3) is 3.43. The van der Waals surface area contributed by atoms with Crippen LogP contribution in [0.25, 0.3) is 0 Å². The summed E-state index contributed by atoms with van der Waals surface area (Å²) in [5.74, 6) is -5.11. The summed E-state index contributed by atoms with van der Waals surface area (Å²) in [6.07, 6.45) is -0.247. The van der Waals surface area contributed by atoms with E-state index in [0.29, 0.717) is 4.90 Å². The van der Waals surface area contributed by atoms with Gasteiger partial charge in [0.05, 0.1) is 24.2 Å². The Hall–Kier alpha value is -3.60. The zero-order valence-corrected chi connectivity index (χ0v) is 16.1. The molecule has 0 saturated carbocycles. The van der Waals surface area contributed by atoms with E-state index in [1.807, 2.05) is 0 Å². The Labute approximate surface area is 170 Å². The van der Waals surface area contributed by atoms with Gasteiger partial charge >= 0.3 is 5.97 Å². The number of nitrogens with one attached hydrogen (secondary N) is 1. The molecule has 0 radical (unpaired) electrons. The molecular formula is C19H20N4O7. The molecule has 11 nitrogen and oxygen atoms in total. The first kappa shape index (κ1) is 21.1. The predicted molar refractivity (Wildman–Crippen MR) is 99.9 cm³/mol. The SMILES string of the molecule is C[C@@](CN1C(=O)CCC(N2C(=O)c3ccccc3C2=O)C1=O)(NC(=O)CN)C(=O)O. The molecule has 2 aliphatic heterocycles. The Morgan fingerprint density at radius 2 is 1.73 bits per heavy atom. The van der Waals surface area contributed by atoms with Crippen molar-refractivity contribution in [3.63, 3.8) is 0 Å². The number of hydrogen-bond acceptors (Lipinski definition) is 7. The number of amides is 5. The molecule has 1 saturated heterocycles. The van der Waals surface area contributed by atoms with Crippen LogP contribution in [-0.2, 0) is 19.2 Å². The summed E-state index contributed by atoms with van der Waals surface area (Å²) in [7, 11) is 0. The van der Waals surface area contributed by atoms with E-state index in [0.717, 1.165) is 11.8 Å². The minimum absolute atomic E-state index is 0.0709. The molecule has 5 amide bonds. The fourth-order valence-corrected chi connectivity index (χ4v) is 3.55. The van der Waals surface area contributed by atoms with Gasteiger partial charge < -0.3 is 16.2 Å². The molecule has 0 spiro atoms. The maximum absolute atomic E-state index is 13.0. The van der Waals surface area contributed by atoms with Crippen LogP contribution in [-0.4, -0.2) is 75.1 Å². The quantitative estimate of drug-likeness (QED) is 0.482. The minimum atomic E-state index is -1.99. The number of carboxylic acid groups (broad SMARTS) is 1. The van der Waals surface area contributed by atoms with Crippen LogP contribution in [0, 0.1) is 0 Å². The number of rotatable bonds is 6. The fraction of sp³-hybridized carbons (Fsp3) is 0.368. The van der Waals surface area contributed by atoms with Crippen molar-refractivity contribution in [2.24, 2.45) is 5.73 Å². The van der Waals surface area contributed by atoms with Crippen LogP contribution in [0.3, 0.4) is 0 Å². The van der Waals surface area contributed by atoms with Crippen LogP contribution in [0.5, 0.6) is 0 Å². The number of fused-ring (bicyclic) bond motifs is 1. The predicted octanol–water partition coefficient (Wildman–Crippen LogP) is -1.28. The molecule has 158 valence electrons. The summed E-state index contributed by atoms with van der Waals surface area (Å²) in [5, 5.41) is 11.7. The van der Waals surface area contributed by atoms with Crippen LogP contribution in [0.1, 0.15) is 40.5 Å². The zero-order valence-electron chi connectivity index (χ0n) is 16.1. The van der Waals surface area contributed by atoms with E-state index >= 15 is 0 Å². The number of carbonyl (C=O) groups is 6. The number of nitrogens with zero attached hydrogens (tertiary/aromatic N) is 2. The van der Waals surface area contributed by atoms with E-state index in [4.69, 9.17) is 5.73 Å². The van der Waals surface area contributed by atoms with Crippen molar-refractivity contribution in [2.45, 2.75) is 31.3 Å². The van der Waals surface area contributed by atoms with Gasteiger partial charge in [0.2, 0.25) is 11.8 Å². The van der Waals surface area contributed by atoms with Crippen molar-refractivity contribution in [1.82, 2.24) is 15.1 Å². The van der Waals surface area contributed by atoms with Crippen LogP contribution in [0.15, 0.2) is 24.3 Å². The van der Waals surface area contributed by atoms with Gasteiger partial charge in [-0.15, -0.1) is 0 Å². The normalized spacial score (nSPS) is 20.8. The van der Waals surface area contributed by atoms with Gasteiger partial charge in [-0.2, -0.15) is 0 Å². The monoisotopic (exact) mass is 416 g/mol. The average Bonchev–Trinajstić information content (AvgIpc) is 2.96. The largest absolute Gasteiger partial charge is 0.479 e. The number of imide groups is 2. The molecule has 3 rings (SSSR count). The van der Waals surface area contributed by atoms with Crippen LogP contribution in [0.2, 0.25) is 0 Å². The van der Waals surface area contributed by atoms with Gasteiger partial charge in [-0.05, 0) is 25.5 Å². The molecule has 11 heteroatoms. The summed E-state index contributed by atoms with van der Waals surface area (Å²) in [5.41, 5.74) is 3.53. The van der Waals surface area contributed by atoms with Crippen LogP contribution < -0.4 is 11.1 Å². The standard InChI is InChI=1S/C19H20N4O7/c1-19(18(29)30,21-13(24)8-20)9-22-14(25)7-6-12(17(22)28)23-15(26)10-4-2-3-5-11(10)16(23)27/h2-5,12H,6-9,20H2,1H3,(H,21,24)(H,29,30)/t12?,19-/m0/s1. The van der Waals surface area contributed by atoms with E-state index < -0.39 is 60.2 Å². The maximum atomic E-state index is 13.0. The van der Waals surface area contributed by atoms with Gasteiger partial charge in [0.15, 0.2) is 5.54 Å². The molecule has 0 bridgehead atoms. The summed E-state index contributed by atoms with van der Waals surface area (Å²) in [4.78, 5) is 75.7. The third-order valence-electron chi connectivity index (χ3n) is 5.17. The lowest BCUT2D eigenvalue weighted by Crippen LogP contribution is -2.64. The Kier molecular flexibility index (Phi) is 5.40. The van der Waals surface area contributed by atoms with Crippen LogP contribution >= 0.6 is 0 Å². The van der Waals surface area contributed by atoms with Crippen molar-refractivity contribution in [1.29, 1.82) is 0 Å². The molecule has 0 aromatic heterocycles. The van der Waals surface area contributed by atoms with Gasteiger partial charge in [0.25, 0.3) is 17.7 Å². The van der Waals surface area contributed by atoms with Crippen LogP contribution in [0.4, 0.5) is 0 Å². The molecule has 30 heavy (non-hydrogen) atoms. The van der Waals surface area contributed by atoms with Gasteiger partial charge in [0, 0.05) is 6.42 Å². The number of nitrogens with two attached hydrogens (primary N) is 1. The second kappa shape index (κ2) is 7.67. The highest BCUT2D eigenvalue weighted by Gasteiger charge is 2.49. The maximum Gasteiger partial charge on any atom is 0.331 e. The molecule has 1 aromatic carbocycles.